The van der Waals surface area contributed by atoms with Gasteiger partial charge < -0.3 is 24.8 Å². The van der Waals surface area contributed by atoms with Gasteiger partial charge in [0.15, 0.2) is 0 Å². The van der Waals surface area contributed by atoms with Crippen LogP contribution in [0.25, 0.3) is 12.2 Å². The van der Waals surface area contributed by atoms with E-state index in [1.165, 1.54) is 11.1 Å². The van der Waals surface area contributed by atoms with Gasteiger partial charge in [-0.2, -0.15) is 0 Å². The number of hydrogen-bond donors (Lipinski definition) is 0. The Kier molecular flexibility index (Phi) is 6.94. The maximum absolute atomic E-state index is 2.49. The van der Waals surface area contributed by atoms with Crippen LogP contribution in [-0.4, -0.2) is 13.3 Å². The second-order valence-electron chi connectivity index (χ2n) is 6.16. The van der Waals surface area contributed by atoms with Crippen molar-refractivity contribution >= 4 is 20.1 Å². The smallest absolute Gasteiger partial charge is 1.00 e. The third kappa shape index (κ3) is 3.60. The van der Waals surface area contributed by atoms with Crippen molar-refractivity contribution in [1.82, 2.24) is 0 Å². The molecule has 2 aromatic rings. The summed E-state index contributed by atoms with van der Waals surface area (Å²) in [6, 6.07) is 18.0. The van der Waals surface area contributed by atoms with Crippen molar-refractivity contribution in [3.8, 4) is 0 Å². The number of benzene rings is 2. The Labute approximate surface area is 167 Å². The SMILES string of the molecule is CP(C)C1=Cc2ccccc2[CH]1[Ti+2][CH]1C=Cc2ccccc21.[Cl-].[Cl-]. The molecule has 0 heterocycles. The van der Waals surface area contributed by atoms with Crippen molar-refractivity contribution in [2.24, 2.45) is 0 Å². The van der Waals surface area contributed by atoms with Crippen molar-refractivity contribution in [3.05, 3.63) is 82.2 Å². The third-order valence-electron chi connectivity index (χ3n) is 4.57. The van der Waals surface area contributed by atoms with Crippen molar-refractivity contribution in [2.45, 2.75) is 8.45 Å². The fraction of sp³-hybridized carbons (Fsp3) is 0.200. The minimum absolute atomic E-state index is 0. The van der Waals surface area contributed by atoms with E-state index in [0.29, 0.717) is 4.22 Å². The fourth-order valence-electron chi connectivity index (χ4n) is 3.44. The molecule has 0 nitrogen and oxygen atoms in total. The van der Waals surface area contributed by atoms with Gasteiger partial charge in [-0.25, -0.2) is 0 Å². The average Bonchev–Trinajstić information content (AvgIpc) is 3.10. The molecule has 0 spiro atoms. The second kappa shape index (κ2) is 8.35. The van der Waals surface area contributed by atoms with Gasteiger partial charge in [0.05, 0.1) is 0 Å². The zero-order valence-electron chi connectivity index (χ0n) is 13.7. The van der Waals surface area contributed by atoms with E-state index in [1.54, 1.807) is 16.4 Å². The van der Waals surface area contributed by atoms with Gasteiger partial charge in [-0.05, 0) is 0 Å². The van der Waals surface area contributed by atoms with Gasteiger partial charge in [0.25, 0.3) is 0 Å². The maximum atomic E-state index is 2.49. The van der Waals surface area contributed by atoms with Gasteiger partial charge in [0.2, 0.25) is 0 Å². The zero-order chi connectivity index (χ0) is 15.1. The summed E-state index contributed by atoms with van der Waals surface area (Å²) in [6.45, 7) is 4.81. The molecular formula is C20H19Cl2PTi. The van der Waals surface area contributed by atoms with E-state index >= 15 is 0 Å². The number of fused-ring (bicyclic) bond motifs is 2. The quantitative estimate of drug-likeness (QED) is 0.482. The molecule has 0 saturated heterocycles. The predicted octanol–water partition coefficient (Wildman–Crippen LogP) is -0.318. The molecule has 2 unspecified atom stereocenters. The van der Waals surface area contributed by atoms with Crippen molar-refractivity contribution in [2.75, 3.05) is 13.3 Å². The first kappa shape index (κ1) is 20.0. The maximum Gasteiger partial charge on any atom is -1.00 e. The molecule has 0 bridgehead atoms. The third-order valence-corrected chi connectivity index (χ3v) is 9.21. The molecule has 122 valence electrons. The van der Waals surface area contributed by atoms with E-state index < -0.39 is 0 Å². The van der Waals surface area contributed by atoms with E-state index in [2.05, 4.69) is 80.1 Å². The molecule has 2 aliphatic rings. The molecule has 4 heteroatoms. The Morgan fingerprint density at radius 1 is 0.833 bits per heavy atom. The van der Waals surface area contributed by atoms with E-state index in [-0.39, 0.29) is 51.9 Å². The Morgan fingerprint density at radius 3 is 2.17 bits per heavy atom. The van der Waals surface area contributed by atoms with Crippen LogP contribution in [0.5, 0.6) is 0 Å². The van der Waals surface area contributed by atoms with Gasteiger partial charge in [-0.15, -0.1) is 0 Å². The van der Waals surface area contributed by atoms with Crippen LogP contribution in [0.4, 0.5) is 0 Å². The topological polar surface area (TPSA) is 0 Å². The molecule has 0 N–H and O–H groups in total. The van der Waals surface area contributed by atoms with Gasteiger partial charge in [-0.1, -0.05) is 0 Å². The summed E-state index contributed by atoms with van der Waals surface area (Å²) in [5.74, 6) is 0. The number of halogens is 2. The number of hydrogen-bond acceptors (Lipinski definition) is 0. The largest absolute Gasteiger partial charge is 1.00 e. The first-order chi connectivity index (χ1) is 10.7. The van der Waals surface area contributed by atoms with Crippen molar-refractivity contribution in [1.29, 1.82) is 0 Å². The molecule has 0 saturated carbocycles. The van der Waals surface area contributed by atoms with E-state index in [0.717, 1.165) is 4.22 Å². The minimum Gasteiger partial charge on any atom is -1.00 e. The van der Waals surface area contributed by atoms with Crippen LogP contribution in [0.2, 0.25) is 0 Å². The van der Waals surface area contributed by atoms with Gasteiger partial charge >= 0.3 is 143 Å². The summed E-state index contributed by atoms with van der Waals surface area (Å²) < 4.78 is 1.41. The van der Waals surface area contributed by atoms with Crippen LogP contribution in [0.1, 0.15) is 30.7 Å². The van der Waals surface area contributed by atoms with Gasteiger partial charge in [-0.3, -0.25) is 0 Å². The zero-order valence-corrected chi connectivity index (χ0v) is 17.7. The van der Waals surface area contributed by atoms with Crippen LogP contribution < -0.4 is 24.8 Å². The summed E-state index contributed by atoms with van der Waals surface area (Å²) in [6.07, 6.45) is 7.27. The van der Waals surface area contributed by atoms with Crippen molar-refractivity contribution in [3.63, 3.8) is 0 Å². The molecule has 4 rings (SSSR count). The van der Waals surface area contributed by atoms with Crippen LogP contribution in [-0.2, 0) is 19.2 Å². The molecule has 0 aliphatic heterocycles. The summed E-state index contributed by atoms with van der Waals surface area (Å²) in [7, 11) is -0.00649. The van der Waals surface area contributed by atoms with Crippen LogP contribution >= 0.6 is 7.92 Å². The van der Waals surface area contributed by atoms with Gasteiger partial charge in [0.1, 0.15) is 0 Å². The van der Waals surface area contributed by atoms with Gasteiger partial charge in [0, 0.05) is 0 Å². The Balaban J connectivity index is 0.00000104. The van der Waals surface area contributed by atoms with E-state index in [1.807, 2.05) is 0 Å². The molecule has 2 aromatic carbocycles. The molecule has 24 heavy (non-hydrogen) atoms. The molecule has 0 aromatic heterocycles. The molecule has 2 aliphatic carbocycles. The summed E-state index contributed by atoms with van der Waals surface area (Å²) in [5.41, 5.74) is 6.05. The molecule has 0 amide bonds. The molecular weight excluding hydrogens is 390 g/mol. The monoisotopic (exact) mass is 408 g/mol. The molecule has 0 radical (unpaired) electrons. The number of allylic oxidation sites excluding steroid dienone is 2. The van der Waals surface area contributed by atoms with E-state index in [4.69, 9.17) is 0 Å². The second-order valence-corrected chi connectivity index (χ2v) is 10.9. The van der Waals surface area contributed by atoms with Crippen LogP contribution in [0.15, 0.2) is 59.9 Å². The van der Waals surface area contributed by atoms with Crippen LogP contribution in [0, 0.1) is 0 Å². The minimum atomic E-state index is -0.134. The Hall–Kier alpha value is -0.356. The van der Waals surface area contributed by atoms with E-state index in [9.17, 15) is 0 Å². The predicted molar refractivity (Wildman–Crippen MR) is 94.1 cm³/mol. The Bertz CT molecular complexity index is 783. The fourth-order valence-corrected chi connectivity index (χ4v) is 8.68. The first-order valence-electron chi connectivity index (χ1n) is 7.75. The average molecular weight is 409 g/mol. The Morgan fingerprint density at radius 2 is 1.46 bits per heavy atom. The summed E-state index contributed by atoms with van der Waals surface area (Å²) in [5, 5.41) is 1.72. The normalized spacial score (nSPS) is 19.7. The molecule has 2 atom stereocenters. The van der Waals surface area contributed by atoms with Crippen molar-refractivity contribution < 1.29 is 44.0 Å². The number of rotatable bonds is 3. The molecule has 0 fully saturated rings. The van der Waals surface area contributed by atoms with Crippen LogP contribution in [0.3, 0.4) is 0 Å². The summed E-state index contributed by atoms with van der Waals surface area (Å²) >= 11 is -0.134. The first-order valence-corrected chi connectivity index (χ1v) is 11.8. The standard InChI is InChI=1S/C11H12P.C9H7.2ClH.Ti/c1-12(2)11-7-9-5-3-4-6-10(9)8-11;1-2-5-9-7-3-6-8(9)4-1;;;/h3-8H,1-2H3;1-7H;2*1H;/q;;;;+2/p-2. The summed E-state index contributed by atoms with van der Waals surface area (Å²) in [4.78, 5) is 0.